The number of furan rings is 1. The molecule has 0 unspecified atom stereocenters. The second-order valence-electron chi connectivity index (χ2n) is 4.44. The van der Waals surface area contributed by atoms with Gasteiger partial charge in [-0.25, -0.2) is 0 Å². The van der Waals surface area contributed by atoms with Crippen molar-refractivity contribution in [1.82, 2.24) is 10.3 Å². The molecule has 2 aromatic rings. The van der Waals surface area contributed by atoms with Gasteiger partial charge in [-0.1, -0.05) is 13.8 Å². The Bertz CT molecular complexity index is 484. The lowest BCUT2D eigenvalue weighted by Crippen LogP contribution is -2.24. The van der Waals surface area contributed by atoms with E-state index in [4.69, 9.17) is 4.42 Å². The number of aromatic nitrogens is 1. The Morgan fingerprint density at radius 1 is 1.53 bits per heavy atom. The van der Waals surface area contributed by atoms with E-state index < -0.39 is 0 Å². The highest BCUT2D eigenvalue weighted by atomic mass is 16.3. The number of nitrogens with zero attached hydrogens (tertiary/aromatic N) is 1. The zero-order chi connectivity index (χ0) is 12.3. The number of carbonyl (C=O) groups excluding carboxylic acids is 1. The quantitative estimate of drug-likeness (QED) is 0.881. The molecule has 0 aromatic carbocycles. The zero-order valence-corrected chi connectivity index (χ0v) is 10.1. The maximum absolute atomic E-state index is 11.8. The van der Waals surface area contributed by atoms with Crippen molar-refractivity contribution < 1.29 is 9.21 Å². The lowest BCUT2D eigenvalue weighted by atomic mass is 10.1. The van der Waals surface area contributed by atoms with Crippen LogP contribution in [-0.2, 0) is 0 Å². The van der Waals surface area contributed by atoms with Gasteiger partial charge >= 0.3 is 0 Å². The van der Waals surface area contributed by atoms with Crippen molar-refractivity contribution >= 4 is 17.0 Å². The number of pyridine rings is 1. The second-order valence-corrected chi connectivity index (χ2v) is 4.44. The second kappa shape index (κ2) is 4.99. The van der Waals surface area contributed by atoms with Gasteiger partial charge in [0.05, 0.1) is 0 Å². The molecule has 17 heavy (non-hydrogen) atoms. The van der Waals surface area contributed by atoms with Crippen LogP contribution in [0.4, 0.5) is 0 Å². The number of hydrogen-bond donors (Lipinski definition) is 1. The molecule has 4 heteroatoms. The van der Waals surface area contributed by atoms with E-state index in [9.17, 15) is 4.79 Å². The monoisotopic (exact) mass is 232 g/mol. The number of carbonyl (C=O) groups is 1. The molecule has 2 heterocycles. The van der Waals surface area contributed by atoms with Gasteiger partial charge in [-0.3, -0.25) is 9.78 Å². The maximum atomic E-state index is 11.8. The Balaban J connectivity index is 2.04. The molecular formula is C13H16N2O2. The lowest BCUT2D eigenvalue weighted by molar-refractivity contribution is 0.0926. The Morgan fingerprint density at radius 3 is 3.06 bits per heavy atom. The molecule has 0 spiro atoms. The van der Waals surface area contributed by atoms with Gasteiger partial charge in [0.2, 0.25) is 0 Å². The predicted molar refractivity (Wildman–Crippen MR) is 65.8 cm³/mol. The van der Waals surface area contributed by atoms with Crippen molar-refractivity contribution in [1.29, 1.82) is 0 Å². The molecule has 2 aromatic heterocycles. The topological polar surface area (TPSA) is 55.1 Å². The molecule has 0 aliphatic heterocycles. The SMILES string of the molecule is CC(C)CCNC(=O)c1cc2ncccc2o1. The summed E-state index contributed by atoms with van der Waals surface area (Å²) in [5.74, 6) is 0.721. The van der Waals surface area contributed by atoms with Crippen LogP contribution in [0.1, 0.15) is 30.8 Å². The van der Waals surface area contributed by atoms with Gasteiger partial charge in [0.1, 0.15) is 5.52 Å². The molecule has 2 rings (SSSR count). The van der Waals surface area contributed by atoms with Crippen molar-refractivity contribution in [3.05, 3.63) is 30.2 Å². The van der Waals surface area contributed by atoms with Gasteiger partial charge in [-0.15, -0.1) is 0 Å². The third-order valence-corrected chi connectivity index (χ3v) is 2.52. The van der Waals surface area contributed by atoms with Gasteiger partial charge in [0, 0.05) is 18.8 Å². The van der Waals surface area contributed by atoms with E-state index in [-0.39, 0.29) is 5.91 Å². The number of amides is 1. The number of nitrogens with one attached hydrogen (secondary N) is 1. The van der Waals surface area contributed by atoms with Gasteiger partial charge in [0.15, 0.2) is 11.3 Å². The first kappa shape index (κ1) is 11.6. The van der Waals surface area contributed by atoms with Crippen molar-refractivity contribution in [3.8, 4) is 0 Å². The number of fused-ring (bicyclic) bond motifs is 1. The summed E-state index contributed by atoms with van der Waals surface area (Å²) in [6.45, 7) is 4.91. The van der Waals surface area contributed by atoms with E-state index in [0.717, 1.165) is 6.42 Å². The highest BCUT2D eigenvalue weighted by Gasteiger charge is 2.11. The van der Waals surface area contributed by atoms with Crippen LogP contribution < -0.4 is 5.32 Å². The van der Waals surface area contributed by atoms with Crippen LogP contribution in [0, 0.1) is 5.92 Å². The van der Waals surface area contributed by atoms with Crippen molar-refractivity contribution in [3.63, 3.8) is 0 Å². The Labute approximate surface area is 100 Å². The van der Waals surface area contributed by atoms with Gasteiger partial charge in [-0.2, -0.15) is 0 Å². The van der Waals surface area contributed by atoms with Crippen LogP contribution in [0.2, 0.25) is 0 Å². The van der Waals surface area contributed by atoms with Crippen molar-refractivity contribution in [2.75, 3.05) is 6.54 Å². The molecular weight excluding hydrogens is 216 g/mol. The molecule has 1 N–H and O–H groups in total. The van der Waals surface area contributed by atoms with E-state index in [1.165, 1.54) is 0 Å². The molecule has 0 atom stereocenters. The standard InChI is InChI=1S/C13H16N2O2/c1-9(2)5-7-15-13(16)12-8-10-11(17-12)4-3-6-14-10/h3-4,6,8-9H,5,7H2,1-2H3,(H,15,16). The zero-order valence-electron chi connectivity index (χ0n) is 10.1. The molecule has 0 aliphatic carbocycles. The lowest BCUT2D eigenvalue weighted by Gasteiger charge is -2.04. The fourth-order valence-corrected chi connectivity index (χ4v) is 1.54. The average Bonchev–Trinajstić information content (AvgIpc) is 2.71. The molecule has 0 saturated carbocycles. The summed E-state index contributed by atoms with van der Waals surface area (Å²) >= 11 is 0. The summed E-state index contributed by atoms with van der Waals surface area (Å²) < 4.78 is 5.41. The third-order valence-electron chi connectivity index (χ3n) is 2.52. The normalized spacial score (nSPS) is 11.0. The highest BCUT2D eigenvalue weighted by Crippen LogP contribution is 2.16. The van der Waals surface area contributed by atoms with Gasteiger partial charge < -0.3 is 9.73 Å². The fraction of sp³-hybridized carbons (Fsp3) is 0.385. The van der Waals surface area contributed by atoms with Crippen LogP contribution in [0.5, 0.6) is 0 Å². The molecule has 90 valence electrons. The Kier molecular flexibility index (Phi) is 3.42. The summed E-state index contributed by atoms with van der Waals surface area (Å²) in [6.07, 6.45) is 2.64. The Morgan fingerprint density at radius 2 is 2.35 bits per heavy atom. The Hall–Kier alpha value is -1.84. The largest absolute Gasteiger partial charge is 0.449 e. The molecule has 0 saturated heterocycles. The molecule has 4 nitrogen and oxygen atoms in total. The van der Waals surface area contributed by atoms with E-state index in [0.29, 0.717) is 29.3 Å². The van der Waals surface area contributed by atoms with Crippen molar-refractivity contribution in [2.24, 2.45) is 5.92 Å². The summed E-state index contributed by atoms with van der Waals surface area (Å²) in [5.41, 5.74) is 1.35. The first-order valence-electron chi connectivity index (χ1n) is 5.79. The van der Waals surface area contributed by atoms with E-state index >= 15 is 0 Å². The van der Waals surface area contributed by atoms with Crippen LogP contribution >= 0.6 is 0 Å². The first-order valence-corrected chi connectivity index (χ1v) is 5.79. The smallest absolute Gasteiger partial charge is 0.287 e. The van der Waals surface area contributed by atoms with Crippen LogP contribution in [0.25, 0.3) is 11.1 Å². The van der Waals surface area contributed by atoms with Crippen LogP contribution in [-0.4, -0.2) is 17.4 Å². The molecule has 0 aliphatic rings. The van der Waals surface area contributed by atoms with E-state index in [1.54, 1.807) is 24.4 Å². The minimum atomic E-state index is -0.177. The van der Waals surface area contributed by atoms with E-state index in [2.05, 4.69) is 24.1 Å². The van der Waals surface area contributed by atoms with Crippen LogP contribution in [0.3, 0.4) is 0 Å². The molecule has 0 fully saturated rings. The molecule has 0 radical (unpaired) electrons. The summed E-state index contributed by atoms with van der Waals surface area (Å²) in [7, 11) is 0. The van der Waals surface area contributed by atoms with Gasteiger partial charge in [0.25, 0.3) is 5.91 Å². The predicted octanol–water partition coefficient (Wildman–Crippen LogP) is 2.60. The van der Waals surface area contributed by atoms with Crippen molar-refractivity contribution in [2.45, 2.75) is 20.3 Å². The maximum Gasteiger partial charge on any atom is 0.287 e. The minimum Gasteiger partial charge on any atom is -0.449 e. The minimum absolute atomic E-state index is 0.177. The fourth-order valence-electron chi connectivity index (χ4n) is 1.54. The average molecular weight is 232 g/mol. The highest BCUT2D eigenvalue weighted by molar-refractivity contribution is 5.95. The summed E-state index contributed by atoms with van der Waals surface area (Å²) in [4.78, 5) is 15.9. The van der Waals surface area contributed by atoms with Gasteiger partial charge in [-0.05, 0) is 24.5 Å². The first-order chi connectivity index (χ1) is 8.16. The number of hydrogen-bond acceptors (Lipinski definition) is 3. The number of rotatable bonds is 4. The summed E-state index contributed by atoms with van der Waals surface area (Å²) in [5, 5.41) is 2.83. The third kappa shape index (κ3) is 2.84. The molecule has 0 bridgehead atoms. The molecule has 1 amide bonds. The van der Waals surface area contributed by atoms with E-state index in [1.807, 2.05) is 0 Å². The van der Waals surface area contributed by atoms with Crippen LogP contribution in [0.15, 0.2) is 28.8 Å². The summed E-state index contributed by atoms with van der Waals surface area (Å²) in [6, 6.07) is 5.25.